The van der Waals surface area contributed by atoms with Crippen molar-refractivity contribution in [3.05, 3.63) is 71.2 Å². The zero-order chi connectivity index (χ0) is 24.2. The molecule has 34 heavy (non-hydrogen) atoms. The highest BCUT2D eigenvalue weighted by Crippen LogP contribution is 2.25. The number of nitrogens with one attached hydrogen (secondary N) is 1. The van der Waals surface area contributed by atoms with Crippen LogP contribution in [0.4, 0.5) is 5.69 Å². The Labute approximate surface area is 203 Å². The number of para-hydroxylation sites is 1. The van der Waals surface area contributed by atoms with Crippen LogP contribution in [0.1, 0.15) is 41.2 Å². The van der Waals surface area contributed by atoms with Crippen molar-refractivity contribution >= 4 is 40.0 Å². The molecule has 1 N–H and O–H groups in total. The van der Waals surface area contributed by atoms with Crippen molar-refractivity contribution in [2.45, 2.75) is 52.4 Å². The molecule has 0 spiro atoms. The predicted octanol–water partition coefficient (Wildman–Crippen LogP) is 5.05. The van der Waals surface area contributed by atoms with E-state index in [1.54, 1.807) is 0 Å². The zero-order valence-corrected chi connectivity index (χ0v) is 20.8. The summed E-state index contributed by atoms with van der Waals surface area (Å²) in [4.78, 5) is 25.7. The summed E-state index contributed by atoms with van der Waals surface area (Å²) in [5.41, 5.74) is 4.86. The lowest BCUT2D eigenvalue weighted by Crippen LogP contribution is -2.18. The number of Topliss-reactive ketones (excluding diaryl/α,β-unsaturated/α-hetero) is 1. The Morgan fingerprint density at radius 3 is 2.53 bits per heavy atom. The number of carbonyl (C=O) groups excluding carboxylic acids is 2. The molecule has 2 aromatic heterocycles. The molecule has 0 unspecified atom stereocenters. The first-order valence-corrected chi connectivity index (χ1v) is 12.4. The molecule has 4 aromatic rings. The van der Waals surface area contributed by atoms with Gasteiger partial charge in [0, 0.05) is 41.4 Å². The Hall–Kier alpha value is -3.39. The Balaban J connectivity index is 1.44. The van der Waals surface area contributed by atoms with E-state index in [0.717, 1.165) is 34.3 Å². The summed E-state index contributed by atoms with van der Waals surface area (Å²) in [6, 6.07) is 13.8. The van der Waals surface area contributed by atoms with Gasteiger partial charge in [-0.3, -0.25) is 9.59 Å². The van der Waals surface area contributed by atoms with Gasteiger partial charge in [0.05, 0.1) is 12.2 Å². The summed E-state index contributed by atoms with van der Waals surface area (Å²) in [6.45, 7) is 9.52. The minimum absolute atomic E-state index is 0.0492. The Bertz CT molecular complexity index is 1350. The normalized spacial score (nSPS) is 11.2. The van der Waals surface area contributed by atoms with E-state index in [1.165, 1.54) is 17.3 Å². The number of rotatable bonds is 9. The first kappa shape index (κ1) is 23.8. The number of aromatic nitrogens is 4. The van der Waals surface area contributed by atoms with Gasteiger partial charge in [-0.25, -0.2) is 0 Å². The Morgan fingerprint density at radius 1 is 1.00 bits per heavy atom. The van der Waals surface area contributed by atoms with Gasteiger partial charge >= 0.3 is 0 Å². The van der Waals surface area contributed by atoms with Gasteiger partial charge in [-0.1, -0.05) is 36.0 Å². The molecular weight excluding hydrogens is 446 g/mol. The molecule has 176 valence electrons. The van der Waals surface area contributed by atoms with Gasteiger partial charge in [0.1, 0.15) is 5.82 Å². The third kappa shape index (κ3) is 4.92. The van der Waals surface area contributed by atoms with E-state index in [-0.39, 0.29) is 23.9 Å². The highest BCUT2D eigenvalue weighted by atomic mass is 32.2. The lowest BCUT2D eigenvalue weighted by Gasteiger charge is -2.09. The third-order valence-electron chi connectivity index (χ3n) is 5.98. The molecule has 0 bridgehead atoms. The van der Waals surface area contributed by atoms with Gasteiger partial charge in [-0.05, 0) is 57.0 Å². The second kappa shape index (κ2) is 10.3. The molecular formula is C26H29N5O2S. The molecule has 0 aliphatic rings. The largest absolute Gasteiger partial charge is 0.347 e. The molecule has 8 heteroatoms. The molecule has 0 saturated heterocycles. The van der Waals surface area contributed by atoms with Gasteiger partial charge < -0.3 is 14.5 Å². The van der Waals surface area contributed by atoms with Gasteiger partial charge in [-0.15, -0.1) is 10.2 Å². The van der Waals surface area contributed by atoms with E-state index < -0.39 is 0 Å². The van der Waals surface area contributed by atoms with Gasteiger partial charge in [-0.2, -0.15) is 0 Å². The molecule has 7 nitrogen and oxygen atoms in total. The number of thioether (sulfide) groups is 1. The zero-order valence-electron chi connectivity index (χ0n) is 20.0. The first-order chi connectivity index (χ1) is 16.4. The maximum atomic E-state index is 13.0. The standard InChI is InChI=1S/C26H29N5O2S/c1-5-30-15-21(20-9-7-8-10-22(20)30)23(32)16-34-26-29-28-24(31(26)6-2)14-25(33)27-19-12-11-17(3)18(4)13-19/h7-13,15H,5-6,14,16H2,1-4H3,(H,27,33). The van der Waals surface area contributed by atoms with Crippen LogP contribution in [0.3, 0.4) is 0 Å². The Morgan fingerprint density at radius 2 is 1.79 bits per heavy atom. The third-order valence-corrected chi connectivity index (χ3v) is 6.95. The van der Waals surface area contributed by atoms with E-state index in [1.807, 2.05) is 74.0 Å². The lowest BCUT2D eigenvalue weighted by molar-refractivity contribution is -0.115. The summed E-state index contributed by atoms with van der Waals surface area (Å²) in [6.07, 6.45) is 2.05. The molecule has 2 heterocycles. The van der Waals surface area contributed by atoms with Gasteiger partial charge in [0.15, 0.2) is 10.9 Å². The second-order valence-corrected chi connectivity index (χ2v) is 9.17. The predicted molar refractivity (Wildman–Crippen MR) is 137 cm³/mol. The van der Waals surface area contributed by atoms with Crippen LogP contribution in [-0.4, -0.2) is 36.8 Å². The van der Waals surface area contributed by atoms with Crippen molar-refractivity contribution in [3.8, 4) is 0 Å². The van der Waals surface area contributed by atoms with Crippen LogP contribution in [0.5, 0.6) is 0 Å². The Kier molecular flexibility index (Phi) is 7.17. The quantitative estimate of drug-likeness (QED) is 0.271. The monoisotopic (exact) mass is 475 g/mol. The maximum absolute atomic E-state index is 13.0. The van der Waals surface area contributed by atoms with Crippen LogP contribution >= 0.6 is 11.8 Å². The fourth-order valence-electron chi connectivity index (χ4n) is 3.98. The van der Waals surface area contributed by atoms with E-state index in [0.29, 0.717) is 17.5 Å². The fourth-order valence-corrected chi connectivity index (χ4v) is 4.89. The number of hydrogen-bond acceptors (Lipinski definition) is 5. The van der Waals surface area contributed by atoms with Gasteiger partial charge in [0.2, 0.25) is 5.91 Å². The van der Waals surface area contributed by atoms with Crippen LogP contribution < -0.4 is 5.32 Å². The molecule has 0 aliphatic carbocycles. The summed E-state index contributed by atoms with van der Waals surface area (Å²) < 4.78 is 3.99. The van der Waals surface area contributed by atoms with Crippen LogP contribution in [0, 0.1) is 13.8 Å². The molecule has 4 rings (SSSR count). The second-order valence-electron chi connectivity index (χ2n) is 8.22. The molecule has 0 atom stereocenters. The van der Waals surface area contributed by atoms with Crippen molar-refractivity contribution < 1.29 is 9.59 Å². The molecule has 0 aliphatic heterocycles. The van der Waals surface area contributed by atoms with Crippen molar-refractivity contribution in [1.82, 2.24) is 19.3 Å². The van der Waals surface area contributed by atoms with Crippen LogP contribution in [0.2, 0.25) is 0 Å². The first-order valence-electron chi connectivity index (χ1n) is 11.4. The topological polar surface area (TPSA) is 81.8 Å². The highest BCUT2D eigenvalue weighted by molar-refractivity contribution is 7.99. The van der Waals surface area contributed by atoms with Crippen molar-refractivity contribution in [1.29, 1.82) is 0 Å². The summed E-state index contributed by atoms with van der Waals surface area (Å²) in [5, 5.41) is 13.0. The minimum atomic E-state index is -0.148. The van der Waals surface area contributed by atoms with Crippen molar-refractivity contribution in [2.24, 2.45) is 0 Å². The van der Waals surface area contributed by atoms with E-state index in [4.69, 9.17) is 0 Å². The van der Waals surface area contributed by atoms with Crippen LogP contribution in [0.25, 0.3) is 10.9 Å². The van der Waals surface area contributed by atoms with Crippen LogP contribution in [0.15, 0.2) is 53.8 Å². The summed E-state index contributed by atoms with van der Waals surface area (Å²) >= 11 is 1.35. The molecule has 2 aromatic carbocycles. The number of carbonyl (C=O) groups is 2. The SMILES string of the molecule is CCn1c(CC(=O)Nc2ccc(C)c(C)c2)nnc1SCC(=O)c1cn(CC)c2ccccc12. The van der Waals surface area contributed by atoms with Crippen molar-refractivity contribution in [3.63, 3.8) is 0 Å². The lowest BCUT2D eigenvalue weighted by atomic mass is 10.1. The van der Waals surface area contributed by atoms with E-state index in [2.05, 4.69) is 27.0 Å². The summed E-state index contributed by atoms with van der Waals surface area (Å²) in [7, 11) is 0. The number of nitrogens with zero attached hydrogens (tertiary/aromatic N) is 4. The number of anilines is 1. The fraction of sp³-hybridized carbons (Fsp3) is 0.308. The number of hydrogen-bond donors (Lipinski definition) is 1. The molecule has 1 amide bonds. The number of benzene rings is 2. The summed E-state index contributed by atoms with van der Waals surface area (Å²) in [5.74, 6) is 0.741. The average molecular weight is 476 g/mol. The number of fused-ring (bicyclic) bond motifs is 1. The van der Waals surface area contributed by atoms with Crippen molar-refractivity contribution in [2.75, 3.05) is 11.1 Å². The number of aryl methyl sites for hydroxylation is 3. The minimum Gasteiger partial charge on any atom is -0.347 e. The van der Waals surface area contributed by atoms with Gasteiger partial charge in [0.25, 0.3) is 0 Å². The molecule has 0 fully saturated rings. The molecule has 0 saturated carbocycles. The smallest absolute Gasteiger partial charge is 0.232 e. The maximum Gasteiger partial charge on any atom is 0.232 e. The average Bonchev–Trinajstić information content (AvgIpc) is 3.40. The van der Waals surface area contributed by atoms with E-state index >= 15 is 0 Å². The van der Waals surface area contributed by atoms with Crippen LogP contribution in [-0.2, 0) is 24.3 Å². The molecule has 0 radical (unpaired) electrons. The number of ketones is 1. The van der Waals surface area contributed by atoms with E-state index in [9.17, 15) is 9.59 Å². The highest BCUT2D eigenvalue weighted by Gasteiger charge is 2.19. The number of amides is 1.